The van der Waals surface area contributed by atoms with Crippen LogP contribution in [0.15, 0.2) is 24.3 Å². The van der Waals surface area contributed by atoms with Gasteiger partial charge in [0.1, 0.15) is 11.8 Å². The summed E-state index contributed by atoms with van der Waals surface area (Å²) in [5.41, 5.74) is 0.805. The summed E-state index contributed by atoms with van der Waals surface area (Å²) in [6.45, 7) is 4.53. The highest BCUT2D eigenvalue weighted by molar-refractivity contribution is 6.05. The molecule has 1 atom stereocenters. The summed E-state index contributed by atoms with van der Waals surface area (Å²) < 4.78 is 10.4. The maximum Gasteiger partial charge on any atom is 0.325 e. The van der Waals surface area contributed by atoms with Crippen LogP contribution < -0.4 is 15.4 Å². The number of imide groups is 1. The fourth-order valence-electron chi connectivity index (χ4n) is 3.21. The van der Waals surface area contributed by atoms with Crippen LogP contribution in [0.4, 0.5) is 4.79 Å². The molecule has 152 valence electrons. The van der Waals surface area contributed by atoms with E-state index in [1.165, 1.54) is 0 Å². The first kappa shape index (κ1) is 20.1. The molecule has 0 aromatic heterocycles. The lowest BCUT2D eigenvalue weighted by atomic mass is 10.1. The van der Waals surface area contributed by atoms with Crippen LogP contribution in [0.25, 0.3) is 0 Å². The highest BCUT2D eigenvalue weighted by atomic mass is 16.5. The Morgan fingerprint density at radius 2 is 1.96 bits per heavy atom. The molecular weight excluding hydrogens is 364 g/mol. The van der Waals surface area contributed by atoms with E-state index in [9.17, 15) is 14.4 Å². The van der Waals surface area contributed by atoms with Crippen molar-refractivity contribution in [1.82, 2.24) is 20.4 Å². The largest absolute Gasteiger partial charge is 0.497 e. The molecule has 2 fully saturated rings. The van der Waals surface area contributed by atoms with Gasteiger partial charge in [-0.3, -0.25) is 19.4 Å². The third-order valence-electron chi connectivity index (χ3n) is 4.85. The normalized spacial score (nSPS) is 20.2. The number of morpholine rings is 1. The van der Waals surface area contributed by atoms with Gasteiger partial charge in [-0.15, -0.1) is 0 Å². The van der Waals surface area contributed by atoms with E-state index in [4.69, 9.17) is 9.47 Å². The molecule has 9 nitrogen and oxygen atoms in total. The predicted octanol–water partition coefficient (Wildman–Crippen LogP) is -0.0459. The number of methoxy groups -OCH3 is 1. The molecule has 28 heavy (non-hydrogen) atoms. The SMILES string of the molecule is COc1ccc(CN2C(=O)N[C@H](CC(=O)NCCN3CCOCC3)C2=O)cc1. The molecule has 0 aliphatic carbocycles. The minimum Gasteiger partial charge on any atom is -0.497 e. The van der Waals surface area contributed by atoms with E-state index in [1.54, 1.807) is 31.4 Å². The molecule has 0 saturated carbocycles. The summed E-state index contributed by atoms with van der Waals surface area (Å²) in [4.78, 5) is 40.1. The predicted molar refractivity (Wildman–Crippen MR) is 101 cm³/mol. The van der Waals surface area contributed by atoms with Gasteiger partial charge in [-0.2, -0.15) is 0 Å². The maximum absolute atomic E-state index is 12.5. The standard InChI is InChI=1S/C19H26N4O5/c1-27-15-4-2-14(3-5-15)13-23-18(25)16(21-19(23)26)12-17(24)20-6-7-22-8-10-28-11-9-22/h2-5,16H,6-13H2,1H3,(H,20,24)(H,21,26)/t16-/m1/s1. The first-order valence-electron chi connectivity index (χ1n) is 9.38. The number of ether oxygens (including phenoxy) is 2. The third-order valence-corrected chi connectivity index (χ3v) is 4.85. The zero-order valence-electron chi connectivity index (χ0n) is 16.0. The molecule has 2 saturated heterocycles. The number of hydrogen-bond donors (Lipinski definition) is 2. The summed E-state index contributed by atoms with van der Waals surface area (Å²) in [5, 5.41) is 5.40. The van der Waals surface area contributed by atoms with Gasteiger partial charge in [-0.1, -0.05) is 12.1 Å². The van der Waals surface area contributed by atoms with Crippen LogP contribution in [0.2, 0.25) is 0 Å². The maximum atomic E-state index is 12.5. The fraction of sp³-hybridized carbons (Fsp3) is 0.526. The van der Waals surface area contributed by atoms with E-state index in [0.29, 0.717) is 25.5 Å². The molecule has 1 aromatic rings. The van der Waals surface area contributed by atoms with E-state index in [-0.39, 0.29) is 24.8 Å². The quantitative estimate of drug-likeness (QED) is 0.604. The second-order valence-corrected chi connectivity index (χ2v) is 6.78. The smallest absolute Gasteiger partial charge is 0.325 e. The Hall–Kier alpha value is -2.65. The zero-order chi connectivity index (χ0) is 19.9. The summed E-state index contributed by atoms with van der Waals surface area (Å²) in [6, 6.07) is 5.83. The van der Waals surface area contributed by atoms with Gasteiger partial charge in [0.25, 0.3) is 5.91 Å². The second kappa shape index (κ2) is 9.52. The van der Waals surface area contributed by atoms with Gasteiger partial charge in [0.15, 0.2) is 0 Å². The molecule has 2 N–H and O–H groups in total. The first-order chi connectivity index (χ1) is 13.6. The van der Waals surface area contributed by atoms with Crippen molar-refractivity contribution in [2.75, 3.05) is 46.5 Å². The number of nitrogens with one attached hydrogen (secondary N) is 2. The summed E-state index contributed by atoms with van der Waals surface area (Å²) in [6.07, 6.45) is -0.0627. The molecule has 0 radical (unpaired) electrons. The number of rotatable bonds is 8. The molecule has 3 rings (SSSR count). The Bertz CT molecular complexity index is 703. The number of carbonyl (C=O) groups is 3. The van der Waals surface area contributed by atoms with Crippen LogP contribution in [0, 0.1) is 0 Å². The Morgan fingerprint density at radius 1 is 1.25 bits per heavy atom. The van der Waals surface area contributed by atoms with Crippen molar-refractivity contribution >= 4 is 17.8 Å². The van der Waals surface area contributed by atoms with Gasteiger partial charge in [0.2, 0.25) is 5.91 Å². The number of benzene rings is 1. The molecule has 2 aliphatic rings. The Balaban J connectivity index is 1.45. The molecule has 0 unspecified atom stereocenters. The lowest BCUT2D eigenvalue weighted by molar-refractivity contribution is -0.131. The Morgan fingerprint density at radius 3 is 2.64 bits per heavy atom. The van der Waals surface area contributed by atoms with Gasteiger partial charge in [-0.25, -0.2) is 4.79 Å². The topological polar surface area (TPSA) is 100 Å². The van der Waals surface area contributed by atoms with Crippen LogP contribution in [0.5, 0.6) is 5.75 Å². The lowest BCUT2D eigenvalue weighted by Gasteiger charge is -2.26. The molecule has 4 amide bonds. The number of amides is 4. The molecule has 1 aromatic carbocycles. The first-order valence-corrected chi connectivity index (χ1v) is 9.38. The van der Waals surface area contributed by atoms with Crippen molar-refractivity contribution in [3.63, 3.8) is 0 Å². The monoisotopic (exact) mass is 390 g/mol. The number of nitrogens with zero attached hydrogens (tertiary/aromatic N) is 2. The van der Waals surface area contributed by atoms with Crippen LogP contribution in [-0.2, 0) is 20.9 Å². The molecular formula is C19H26N4O5. The summed E-state index contributed by atoms with van der Waals surface area (Å²) in [5.74, 6) is 0.0648. The van der Waals surface area contributed by atoms with Crippen molar-refractivity contribution < 1.29 is 23.9 Å². The van der Waals surface area contributed by atoms with Crippen LogP contribution in [0.1, 0.15) is 12.0 Å². The van der Waals surface area contributed by atoms with Crippen molar-refractivity contribution in [1.29, 1.82) is 0 Å². The number of urea groups is 1. The van der Waals surface area contributed by atoms with Gasteiger partial charge in [0, 0.05) is 26.2 Å². The third kappa shape index (κ3) is 5.20. The van der Waals surface area contributed by atoms with Crippen LogP contribution >= 0.6 is 0 Å². The van der Waals surface area contributed by atoms with Crippen molar-refractivity contribution in [2.24, 2.45) is 0 Å². The van der Waals surface area contributed by atoms with Crippen LogP contribution in [0.3, 0.4) is 0 Å². The van der Waals surface area contributed by atoms with E-state index >= 15 is 0 Å². The van der Waals surface area contributed by atoms with Gasteiger partial charge in [-0.05, 0) is 17.7 Å². The van der Waals surface area contributed by atoms with E-state index in [0.717, 1.165) is 30.1 Å². The van der Waals surface area contributed by atoms with Crippen molar-refractivity contribution in [2.45, 2.75) is 19.0 Å². The van der Waals surface area contributed by atoms with Gasteiger partial charge >= 0.3 is 6.03 Å². The van der Waals surface area contributed by atoms with E-state index in [1.807, 2.05) is 0 Å². The minimum absolute atomic E-state index is 0.0627. The Labute approximate surface area is 163 Å². The number of carbonyl (C=O) groups excluding carboxylic acids is 3. The molecule has 0 spiro atoms. The fourth-order valence-corrected chi connectivity index (χ4v) is 3.21. The zero-order valence-corrected chi connectivity index (χ0v) is 16.0. The van der Waals surface area contributed by atoms with E-state index in [2.05, 4.69) is 15.5 Å². The van der Waals surface area contributed by atoms with Crippen molar-refractivity contribution in [3.8, 4) is 5.75 Å². The van der Waals surface area contributed by atoms with Gasteiger partial charge in [0.05, 0.1) is 33.3 Å². The van der Waals surface area contributed by atoms with Crippen LogP contribution in [-0.4, -0.2) is 80.2 Å². The minimum atomic E-state index is -0.825. The summed E-state index contributed by atoms with van der Waals surface area (Å²) in [7, 11) is 1.57. The molecule has 9 heteroatoms. The van der Waals surface area contributed by atoms with E-state index < -0.39 is 12.1 Å². The molecule has 2 aliphatic heterocycles. The Kier molecular flexibility index (Phi) is 6.83. The molecule has 0 bridgehead atoms. The average molecular weight is 390 g/mol. The molecule has 2 heterocycles. The highest BCUT2D eigenvalue weighted by Gasteiger charge is 2.38. The number of hydrogen-bond acceptors (Lipinski definition) is 6. The highest BCUT2D eigenvalue weighted by Crippen LogP contribution is 2.17. The van der Waals surface area contributed by atoms with Crippen molar-refractivity contribution in [3.05, 3.63) is 29.8 Å². The lowest BCUT2D eigenvalue weighted by Crippen LogP contribution is -2.42. The second-order valence-electron chi connectivity index (χ2n) is 6.78. The average Bonchev–Trinajstić information content (AvgIpc) is 2.96. The van der Waals surface area contributed by atoms with Gasteiger partial charge < -0.3 is 20.1 Å². The summed E-state index contributed by atoms with van der Waals surface area (Å²) >= 11 is 0.